The zero-order chi connectivity index (χ0) is 22.0. The monoisotopic (exact) mass is 464 g/mol. The summed E-state index contributed by atoms with van der Waals surface area (Å²) in [5, 5.41) is 0. The van der Waals surface area contributed by atoms with Crippen LogP contribution in [0.3, 0.4) is 0 Å². The lowest BCUT2D eigenvalue weighted by atomic mass is 9.93. The molecular weight excluding hydrogens is 434 g/mol. The van der Waals surface area contributed by atoms with Gasteiger partial charge in [0.15, 0.2) is 0 Å². The number of hydrogen-bond acceptors (Lipinski definition) is 6. The van der Waals surface area contributed by atoms with E-state index in [0.29, 0.717) is 12.8 Å². The first kappa shape index (κ1) is 22.9. The summed E-state index contributed by atoms with van der Waals surface area (Å²) in [6.07, 6.45) is 1.29. The maximum atomic E-state index is 13.5. The largest absolute Gasteiger partial charge is 0.338 e. The van der Waals surface area contributed by atoms with Crippen LogP contribution in [0, 0.1) is 5.41 Å². The Morgan fingerprint density at radius 3 is 1.29 bits per heavy atom. The predicted molar refractivity (Wildman–Crippen MR) is 120 cm³/mol. The van der Waals surface area contributed by atoms with Crippen molar-refractivity contribution in [2.75, 3.05) is 26.4 Å². The molecule has 0 amide bonds. The van der Waals surface area contributed by atoms with Gasteiger partial charge in [0.1, 0.15) is 0 Å². The Hall–Kier alpha value is -1.26. The Kier molecular flexibility index (Phi) is 6.88. The van der Waals surface area contributed by atoms with Gasteiger partial charge in [-0.15, -0.1) is 0 Å². The van der Waals surface area contributed by atoms with Gasteiger partial charge in [0, 0.05) is 0 Å². The van der Waals surface area contributed by atoms with Crippen molar-refractivity contribution in [3.63, 3.8) is 0 Å². The van der Waals surface area contributed by atoms with E-state index >= 15 is 0 Å². The lowest BCUT2D eigenvalue weighted by Gasteiger charge is -2.45. The van der Waals surface area contributed by atoms with E-state index in [9.17, 15) is 9.13 Å². The third-order valence-electron chi connectivity index (χ3n) is 6.11. The van der Waals surface area contributed by atoms with Gasteiger partial charge in [0.2, 0.25) is 0 Å². The maximum Gasteiger partial charge on any atom is 0.338 e. The average molecular weight is 464 g/mol. The molecule has 2 atom stereocenters. The van der Waals surface area contributed by atoms with E-state index in [1.54, 1.807) is 0 Å². The number of benzene rings is 2. The lowest BCUT2D eigenvalue weighted by molar-refractivity contribution is -0.0713. The first-order valence-corrected chi connectivity index (χ1v) is 14.0. The summed E-state index contributed by atoms with van der Waals surface area (Å²) in [5.41, 5.74) is 0.651. The van der Waals surface area contributed by atoms with Gasteiger partial charge in [0.25, 0.3) is 0 Å². The van der Waals surface area contributed by atoms with Crippen molar-refractivity contribution in [2.24, 2.45) is 5.41 Å². The van der Waals surface area contributed by atoms with Gasteiger partial charge in [-0.2, -0.15) is 0 Å². The van der Waals surface area contributed by atoms with E-state index < -0.39 is 20.6 Å². The molecule has 8 heteroatoms. The summed E-state index contributed by atoms with van der Waals surface area (Å²) in [7, 11) is -6.65. The van der Waals surface area contributed by atoms with Crippen molar-refractivity contribution in [1.82, 2.24) is 0 Å². The van der Waals surface area contributed by atoms with Gasteiger partial charge < -0.3 is 18.1 Å². The van der Waals surface area contributed by atoms with Crippen molar-refractivity contribution in [2.45, 2.75) is 38.0 Å². The molecule has 1 spiro atoms. The van der Waals surface area contributed by atoms with E-state index in [-0.39, 0.29) is 37.7 Å². The fourth-order valence-corrected chi connectivity index (χ4v) is 8.88. The lowest BCUT2D eigenvalue weighted by Crippen LogP contribution is -2.46. The molecule has 0 aliphatic carbocycles. The second-order valence-corrected chi connectivity index (χ2v) is 12.8. The standard InChI is InChI=1S/C23H30O6P2/c1-3-21(19-11-7-5-8-12-19)30(24)26-15-23(16-27-30)17-28-31(25,29-18-23)22(4-2)20-13-9-6-10-14-20/h5-14,21-22H,3-4,15-18H2,1-2H3. The topological polar surface area (TPSA) is 71.1 Å². The third-order valence-corrected chi connectivity index (χ3v) is 10.9. The molecule has 0 aromatic heterocycles. The third kappa shape index (κ3) is 4.61. The molecule has 0 bridgehead atoms. The minimum atomic E-state index is -3.32. The molecule has 2 unspecified atom stereocenters. The van der Waals surface area contributed by atoms with Gasteiger partial charge >= 0.3 is 15.2 Å². The normalized spacial score (nSPS) is 33.1. The molecule has 2 saturated heterocycles. The molecule has 6 nitrogen and oxygen atoms in total. The molecule has 168 valence electrons. The molecule has 2 aromatic rings. The van der Waals surface area contributed by atoms with E-state index in [0.717, 1.165) is 11.1 Å². The van der Waals surface area contributed by atoms with Crippen LogP contribution >= 0.6 is 15.2 Å². The molecule has 0 saturated carbocycles. The van der Waals surface area contributed by atoms with Gasteiger partial charge in [-0.25, -0.2) is 0 Å². The van der Waals surface area contributed by atoms with E-state index in [1.807, 2.05) is 74.5 Å². The molecular formula is C23H30O6P2. The van der Waals surface area contributed by atoms with E-state index in [4.69, 9.17) is 18.1 Å². The van der Waals surface area contributed by atoms with Crippen LogP contribution in [0.4, 0.5) is 0 Å². The second-order valence-electron chi connectivity index (χ2n) is 8.34. The van der Waals surface area contributed by atoms with Crippen LogP contribution in [0.25, 0.3) is 0 Å². The van der Waals surface area contributed by atoms with Crippen LogP contribution in [0.5, 0.6) is 0 Å². The summed E-state index contributed by atoms with van der Waals surface area (Å²) in [5.74, 6) is 0. The van der Waals surface area contributed by atoms with Gasteiger partial charge in [-0.3, -0.25) is 9.13 Å². The van der Waals surface area contributed by atoms with Crippen molar-refractivity contribution in [3.8, 4) is 0 Å². The quantitative estimate of drug-likeness (QED) is 0.440. The Bertz CT molecular complexity index is 858. The van der Waals surface area contributed by atoms with Crippen molar-refractivity contribution < 1.29 is 27.2 Å². The summed E-state index contributed by atoms with van der Waals surface area (Å²) < 4.78 is 50.5. The zero-order valence-electron chi connectivity index (χ0n) is 18.0. The molecule has 4 rings (SSSR count). The minimum Gasteiger partial charge on any atom is -0.307 e. The Morgan fingerprint density at radius 1 is 0.677 bits per heavy atom. The summed E-state index contributed by atoms with van der Waals surface area (Å²) in [6.45, 7) is 4.72. The second kappa shape index (κ2) is 9.31. The van der Waals surface area contributed by atoms with Crippen LogP contribution < -0.4 is 0 Å². The van der Waals surface area contributed by atoms with E-state index in [2.05, 4.69) is 0 Å². The molecule has 2 fully saturated rings. The van der Waals surface area contributed by atoms with Gasteiger partial charge in [-0.1, -0.05) is 74.5 Å². The highest BCUT2D eigenvalue weighted by molar-refractivity contribution is 7.54. The molecule has 0 radical (unpaired) electrons. The fourth-order valence-electron chi connectivity index (χ4n) is 4.23. The molecule has 2 aliphatic heterocycles. The summed E-state index contributed by atoms with van der Waals surface area (Å²) >= 11 is 0. The number of rotatable bonds is 6. The van der Waals surface area contributed by atoms with E-state index in [1.165, 1.54) is 0 Å². The predicted octanol–water partition coefficient (Wildman–Crippen LogP) is 6.76. The van der Waals surface area contributed by atoms with Crippen LogP contribution in [-0.2, 0) is 27.2 Å². The number of hydrogen-bond donors (Lipinski definition) is 0. The van der Waals surface area contributed by atoms with Crippen molar-refractivity contribution in [3.05, 3.63) is 71.8 Å². The van der Waals surface area contributed by atoms with Crippen LogP contribution in [0.1, 0.15) is 49.1 Å². The molecule has 2 heterocycles. The van der Waals surface area contributed by atoms with Crippen molar-refractivity contribution >= 4 is 15.2 Å². The van der Waals surface area contributed by atoms with Gasteiger partial charge in [-0.05, 0) is 24.0 Å². The summed E-state index contributed by atoms with van der Waals surface area (Å²) in [4.78, 5) is 0. The van der Waals surface area contributed by atoms with Crippen LogP contribution in [-0.4, -0.2) is 26.4 Å². The maximum absolute atomic E-state index is 13.5. The molecule has 31 heavy (non-hydrogen) atoms. The first-order valence-electron chi connectivity index (χ1n) is 10.8. The van der Waals surface area contributed by atoms with Crippen LogP contribution in [0.2, 0.25) is 0 Å². The highest BCUT2D eigenvalue weighted by Gasteiger charge is 2.52. The smallest absolute Gasteiger partial charge is 0.307 e. The summed E-state index contributed by atoms with van der Waals surface area (Å²) in [6, 6.07) is 19.3. The average Bonchev–Trinajstić information content (AvgIpc) is 2.81. The van der Waals surface area contributed by atoms with Crippen molar-refractivity contribution in [1.29, 1.82) is 0 Å². The zero-order valence-corrected chi connectivity index (χ0v) is 19.8. The first-order chi connectivity index (χ1) is 14.9. The molecule has 2 aliphatic rings. The highest BCUT2D eigenvalue weighted by atomic mass is 31.2. The Morgan fingerprint density at radius 2 is 1.00 bits per heavy atom. The van der Waals surface area contributed by atoms with Gasteiger partial charge in [0.05, 0.1) is 43.2 Å². The minimum absolute atomic E-state index is 0.190. The SMILES string of the molecule is CCC(c1ccccc1)P1(=O)OCC2(CO1)COP(=O)(C(CC)c1ccccc1)OC2. The molecule has 2 aromatic carbocycles. The van der Waals surface area contributed by atoms with Crippen LogP contribution in [0.15, 0.2) is 60.7 Å². The Labute approximate surface area is 184 Å². The fraction of sp³-hybridized carbons (Fsp3) is 0.478. The molecule has 0 N–H and O–H groups in total. The highest BCUT2D eigenvalue weighted by Crippen LogP contribution is 2.69. The Balaban J connectivity index is 1.44.